The topological polar surface area (TPSA) is 82.2 Å². The normalized spacial score (nSPS) is 24.2. The van der Waals surface area contributed by atoms with Gasteiger partial charge in [-0.2, -0.15) is 5.10 Å². The predicted octanol–water partition coefficient (Wildman–Crippen LogP) is 0.520. The van der Waals surface area contributed by atoms with Gasteiger partial charge in [-0.25, -0.2) is 0 Å². The average Bonchev–Trinajstić information content (AvgIpc) is 2.88. The van der Waals surface area contributed by atoms with Crippen LogP contribution in [0.2, 0.25) is 0 Å². The molecule has 1 aliphatic rings. The summed E-state index contributed by atoms with van der Waals surface area (Å²) >= 11 is 0. The zero-order valence-corrected chi connectivity index (χ0v) is 10.1. The van der Waals surface area contributed by atoms with Crippen molar-refractivity contribution in [1.82, 2.24) is 9.78 Å². The first-order valence-corrected chi connectivity index (χ1v) is 5.73. The molecule has 2 heterocycles. The SMILES string of the molecule is CC(C)n1cc(NC(=O)C2(N)CCOC2)cn1. The highest BCUT2D eigenvalue weighted by Gasteiger charge is 2.38. The molecule has 0 aromatic carbocycles. The second kappa shape index (κ2) is 4.46. The molecule has 1 aromatic rings. The predicted molar refractivity (Wildman–Crippen MR) is 63.6 cm³/mol. The van der Waals surface area contributed by atoms with Crippen LogP contribution in [-0.4, -0.2) is 34.4 Å². The number of nitrogens with one attached hydrogen (secondary N) is 1. The van der Waals surface area contributed by atoms with E-state index >= 15 is 0 Å². The molecule has 1 saturated heterocycles. The lowest BCUT2D eigenvalue weighted by atomic mass is 9.99. The van der Waals surface area contributed by atoms with Crippen LogP contribution >= 0.6 is 0 Å². The van der Waals surface area contributed by atoms with Crippen molar-refractivity contribution >= 4 is 11.6 Å². The van der Waals surface area contributed by atoms with E-state index in [1.54, 1.807) is 17.1 Å². The number of nitrogens with two attached hydrogens (primary N) is 1. The van der Waals surface area contributed by atoms with Crippen molar-refractivity contribution in [3.8, 4) is 0 Å². The molecule has 6 heteroatoms. The summed E-state index contributed by atoms with van der Waals surface area (Å²) in [6, 6.07) is 0.266. The third-order valence-electron chi connectivity index (χ3n) is 2.89. The second-order valence-electron chi connectivity index (χ2n) is 4.72. The smallest absolute Gasteiger partial charge is 0.247 e. The van der Waals surface area contributed by atoms with E-state index in [1.807, 2.05) is 13.8 Å². The lowest BCUT2D eigenvalue weighted by Crippen LogP contribution is -2.51. The van der Waals surface area contributed by atoms with Crippen LogP contribution in [0.1, 0.15) is 26.3 Å². The lowest BCUT2D eigenvalue weighted by molar-refractivity contribution is -0.121. The summed E-state index contributed by atoms with van der Waals surface area (Å²) in [5.41, 5.74) is 5.72. The first kappa shape index (κ1) is 12.1. The van der Waals surface area contributed by atoms with Crippen LogP contribution in [0.5, 0.6) is 0 Å². The number of nitrogens with zero attached hydrogens (tertiary/aromatic N) is 2. The Labute approximate surface area is 100 Å². The van der Waals surface area contributed by atoms with Gasteiger partial charge in [-0.15, -0.1) is 0 Å². The van der Waals surface area contributed by atoms with Crippen molar-refractivity contribution in [3.05, 3.63) is 12.4 Å². The van der Waals surface area contributed by atoms with Gasteiger partial charge in [-0.1, -0.05) is 0 Å². The lowest BCUT2D eigenvalue weighted by Gasteiger charge is -2.19. The number of ether oxygens (including phenoxy) is 1. The van der Waals surface area contributed by atoms with Crippen molar-refractivity contribution < 1.29 is 9.53 Å². The first-order chi connectivity index (χ1) is 8.01. The number of hydrogen-bond donors (Lipinski definition) is 2. The summed E-state index contributed by atoms with van der Waals surface area (Å²) in [7, 11) is 0. The van der Waals surface area contributed by atoms with E-state index in [0.29, 0.717) is 18.7 Å². The summed E-state index contributed by atoms with van der Waals surface area (Å²) in [5.74, 6) is -0.210. The van der Waals surface area contributed by atoms with Crippen LogP contribution in [0.15, 0.2) is 12.4 Å². The maximum atomic E-state index is 12.0. The van der Waals surface area contributed by atoms with E-state index < -0.39 is 5.54 Å². The van der Waals surface area contributed by atoms with Crippen molar-refractivity contribution in [1.29, 1.82) is 0 Å². The molecule has 0 radical (unpaired) electrons. The summed E-state index contributed by atoms with van der Waals surface area (Å²) in [6.07, 6.45) is 3.97. The number of carbonyl (C=O) groups is 1. The number of aromatic nitrogens is 2. The Balaban J connectivity index is 2.02. The quantitative estimate of drug-likeness (QED) is 0.804. The number of rotatable bonds is 3. The molecule has 1 atom stereocenters. The van der Waals surface area contributed by atoms with Gasteiger partial charge in [-0.05, 0) is 20.3 Å². The monoisotopic (exact) mass is 238 g/mol. The molecule has 1 aromatic heterocycles. The van der Waals surface area contributed by atoms with Crippen LogP contribution in [-0.2, 0) is 9.53 Å². The number of hydrogen-bond acceptors (Lipinski definition) is 4. The molecule has 0 aliphatic carbocycles. The van der Waals surface area contributed by atoms with Crippen molar-refractivity contribution in [2.45, 2.75) is 31.8 Å². The minimum Gasteiger partial charge on any atom is -0.379 e. The van der Waals surface area contributed by atoms with Gasteiger partial charge in [-0.3, -0.25) is 9.48 Å². The van der Waals surface area contributed by atoms with E-state index in [-0.39, 0.29) is 18.6 Å². The minimum atomic E-state index is -0.903. The van der Waals surface area contributed by atoms with E-state index in [0.717, 1.165) is 0 Å². The van der Waals surface area contributed by atoms with Gasteiger partial charge >= 0.3 is 0 Å². The summed E-state index contributed by atoms with van der Waals surface area (Å²) in [4.78, 5) is 12.0. The fourth-order valence-corrected chi connectivity index (χ4v) is 1.70. The Hall–Kier alpha value is -1.40. The fraction of sp³-hybridized carbons (Fsp3) is 0.636. The van der Waals surface area contributed by atoms with Crippen LogP contribution in [0.25, 0.3) is 0 Å². The Morgan fingerprint density at radius 2 is 2.47 bits per heavy atom. The van der Waals surface area contributed by atoms with Crippen molar-refractivity contribution in [2.24, 2.45) is 5.73 Å². The van der Waals surface area contributed by atoms with Crippen LogP contribution < -0.4 is 11.1 Å². The van der Waals surface area contributed by atoms with Gasteiger partial charge in [0.1, 0.15) is 5.54 Å². The maximum Gasteiger partial charge on any atom is 0.247 e. The molecule has 1 unspecified atom stereocenters. The van der Waals surface area contributed by atoms with Gasteiger partial charge < -0.3 is 15.8 Å². The van der Waals surface area contributed by atoms with Gasteiger partial charge in [0.05, 0.1) is 18.5 Å². The number of amides is 1. The molecule has 2 rings (SSSR count). The fourth-order valence-electron chi connectivity index (χ4n) is 1.70. The van der Waals surface area contributed by atoms with E-state index in [1.165, 1.54) is 0 Å². The minimum absolute atomic E-state index is 0.210. The molecule has 3 N–H and O–H groups in total. The second-order valence-corrected chi connectivity index (χ2v) is 4.72. The van der Waals surface area contributed by atoms with Crippen molar-refractivity contribution in [2.75, 3.05) is 18.5 Å². The average molecular weight is 238 g/mol. The molecular weight excluding hydrogens is 220 g/mol. The zero-order valence-electron chi connectivity index (χ0n) is 10.1. The first-order valence-electron chi connectivity index (χ1n) is 5.73. The summed E-state index contributed by atoms with van der Waals surface area (Å²) in [6.45, 7) is 4.86. The zero-order chi connectivity index (χ0) is 12.5. The molecule has 94 valence electrons. The maximum absolute atomic E-state index is 12.0. The molecule has 0 saturated carbocycles. The van der Waals surface area contributed by atoms with Crippen molar-refractivity contribution in [3.63, 3.8) is 0 Å². The Morgan fingerprint density at radius 1 is 1.71 bits per heavy atom. The molecule has 0 spiro atoms. The highest BCUT2D eigenvalue weighted by atomic mass is 16.5. The summed E-state index contributed by atoms with van der Waals surface area (Å²) in [5, 5.41) is 6.92. The third-order valence-corrected chi connectivity index (χ3v) is 2.89. The van der Waals surface area contributed by atoms with E-state index in [4.69, 9.17) is 10.5 Å². The van der Waals surface area contributed by atoms with Gasteiger partial charge in [0, 0.05) is 18.8 Å². The van der Waals surface area contributed by atoms with E-state index in [9.17, 15) is 4.79 Å². The molecule has 6 nitrogen and oxygen atoms in total. The Kier molecular flexibility index (Phi) is 3.17. The number of carbonyl (C=O) groups excluding carboxylic acids is 1. The van der Waals surface area contributed by atoms with E-state index in [2.05, 4.69) is 10.4 Å². The van der Waals surface area contributed by atoms with Crippen LogP contribution in [0.4, 0.5) is 5.69 Å². The third kappa shape index (κ3) is 2.48. The molecule has 1 amide bonds. The summed E-state index contributed by atoms with van der Waals surface area (Å²) < 4.78 is 6.94. The highest BCUT2D eigenvalue weighted by molar-refractivity contribution is 5.98. The molecule has 1 aliphatic heterocycles. The molecule has 0 bridgehead atoms. The van der Waals surface area contributed by atoms with Gasteiger partial charge in [0.2, 0.25) is 5.91 Å². The van der Waals surface area contributed by atoms with Gasteiger partial charge in [0.25, 0.3) is 0 Å². The van der Waals surface area contributed by atoms with Crippen LogP contribution in [0.3, 0.4) is 0 Å². The Morgan fingerprint density at radius 3 is 3.00 bits per heavy atom. The van der Waals surface area contributed by atoms with Crippen LogP contribution in [0, 0.1) is 0 Å². The van der Waals surface area contributed by atoms with Gasteiger partial charge in [0.15, 0.2) is 0 Å². The Bertz CT molecular complexity index is 407. The standard InChI is InChI=1S/C11H18N4O2/c1-8(2)15-6-9(5-13-15)14-10(16)11(12)3-4-17-7-11/h5-6,8H,3-4,7,12H2,1-2H3,(H,14,16). The molecular formula is C11H18N4O2. The largest absolute Gasteiger partial charge is 0.379 e. The molecule has 1 fully saturated rings. The molecule has 17 heavy (non-hydrogen) atoms. The highest BCUT2D eigenvalue weighted by Crippen LogP contribution is 2.18. The number of anilines is 1.